The third kappa shape index (κ3) is 6.13. The Morgan fingerprint density at radius 2 is 1.77 bits per heavy atom. The zero-order chi connectivity index (χ0) is 21.9. The number of amides is 1. The number of ether oxygens (including phenoxy) is 2. The zero-order valence-electron chi connectivity index (χ0n) is 16.7. The van der Waals surface area contributed by atoms with Gasteiger partial charge < -0.3 is 19.8 Å². The normalized spacial score (nSPS) is 13.1. The lowest BCUT2D eigenvalue weighted by Gasteiger charge is -2.23. The number of nitrogens with zero attached hydrogens (tertiary/aromatic N) is 1. The van der Waals surface area contributed by atoms with Crippen molar-refractivity contribution in [2.24, 2.45) is 0 Å². The minimum absolute atomic E-state index is 0.283. The Hall–Kier alpha value is -3.23. The maximum Gasteiger partial charge on any atom is 0.573 e. The number of alkyl carbamates (subject to hydrolysis) is 1. The lowest BCUT2D eigenvalue weighted by Crippen LogP contribution is -2.36. The molecule has 0 bridgehead atoms. The highest BCUT2D eigenvalue weighted by molar-refractivity contribution is 5.75. The molecule has 0 aliphatic rings. The number of carbonyl (C=O) groups excluding carboxylic acids is 1. The number of fused-ring (bicyclic) bond motifs is 1. The van der Waals surface area contributed by atoms with E-state index in [4.69, 9.17) is 4.74 Å². The number of benzene rings is 2. The first-order chi connectivity index (χ1) is 14.0. The number of aromatic amines is 1. The average molecular weight is 421 g/mol. The van der Waals surface area contributed by atoms with Crippen LogP contribution in [0.2, 0.25) is 0 Å². The van der Waals surface area contributed by atoms with Crippen molar-refractivity contribution in [3.05, 3.63) is 59.9 Å². The van der Waals surface area contributed by atoms with Crippen molar-refractivity contribution in [2.45, 2.75) is 45.2 Å². The number of rotatable bonds is 5. The van der Waals surface area contributed by atoms with E-state index in [1.807, 2.05) is 24.3 Å². The summed E-state index contributed by atoms with van der Waals surface area (Å²) in [7, 11) is 0. The number of carbonyl (C=O) groups is 1. The van der Waals surface area contributed by atoms with Gasteiger partial charge in [-0.3, -0.25) is 0 Å². The van der Waals surface area contributed by atoms with Gasteiger partial charge in [0.15, 0.2) is 0 Å². The highest BCUT2D eigenvalue weighted by atomic mass is 19.4. The summed E-state index contributed by atoms with van der Waals surface area (Å²) >= 11 is 0. The fourth-order valence-corrected chi connectivity index (χ4v) is 2.87. The van der Waals surface area contributed by atoms with Crippen LogP contribution in [0.15, 0.2) is 48.5 Å². The number of alkyl halides is 3. The van der Waals surface area contributed by atoms with Crippen molar-refractivity contribution < 1.29 is 27.4 Å². The fourth-order valence-electron chi connectivity index (χ4n) is 2.87. The van der Waals surface area contributed by atoms with E-state index in [0.29, 0.717) is 11.4 Å². The Morgan fingerprint density at radius 1 is 1.10 bits per heavy atom. The lowest BCUT2D eigenvalue weighted by atomic mass is 10.1. The van der Waals surface area contributed by atoms with Crippen molar-refractivity contribution in [3.63, 3.8) is 0 Å². The molecule has 0 radical (unpaired) electrons. The summed E-state index contributed by atoms with van der Waals surface area (Å²) in [5.74, 6) is 0.198. The minimum Gasteiger partial charge on any atom is -0.444 e. The van der Waals surface area contributed by atoms with Crippen LogP contribution in [0.5, 0.6) is 5.75 Å². The topological polar surface area (TPSA) is 76.2 Å². The number of aromatic nitrogens is 2. The Kier molecular flexibility index (Phi) is 5.91. The van der Waals surface area contributed by atoms with Gasteiger partial charge in [0.1, 0.15) is 17.2 Å². The van der Waals surface area contributed by atoms with Gasteiger partial charge >= 0.3 is 12.5 Å². The Morgan fingerprint density at radius 3 is 2.37 bits per heavy atom. The number of H-pyrrole nitrogens is 1. The van der Waals surface area contributed by atoms with Gasteiger partial charge in [-0.05, 0) is 50.6 Å². The van der Waals surface area contributed by atoms with Crippen LogP contribution < -0.4 is 10.1 Å². The van der Waals surface area contributed by atoms with Crippen LogP contribution in [-0.2, 0) is 11.2 Å². The molecule has 1 heterocycles. The summed E-state index contributed by atoms with van der Waals surface area (Å²) in [4.78, 5) is 20.0. The Balaban J connectivity index is 1.82. The second-order valence-electron chi connectivity index (χ2n) is 7.73. The molecular weight excluding hydrogens is 399 g/mol. The molecule has 1 amide bonds. The molecule has 2 N–H and O–H groups in total. The van der Waals surface area contributed by atoms with Crippen LogP contribution in [0.1, 0.15) is 38.2 Å². The molecule has 6 nitrogen and oxygen atoms in total. The molecule has 3 aromatic rings. The molecule has 1 unspecified atom stereocenters. The van der Waals surface area contributed by atoms with Crippen LogP contribution in [0.25, 0.3) is 11.0 Å². The first-order valence-electron chi connectivity index (χ1n) is 9.27. The highest BCUT2D eigenvalue weighted by Gasteiger charge is 2.31. The fraction of sp³-hybridized carbons (Fsp3) is 0.333. The minimum atomic E-state index is -4.75. The summed E-state index contributed by atoms with van der Waals surface area (Å²) in [6, 6.07) is 12.3. The number of nitrogens with one attached hydrogen (secondary N) is 2. The molecule has 0 fully saturated rings. The third-order valence-corrected chi connectivity index (χ3v) is 4.03. The van der Waals surface area contributed by atoms with Crippen molar-refractivity contribution in [1.82, 2.24) is 15.3 Å². The van der Waals surface area contributed by atoms with Crippen molar-refractivity contribution in [3.8, 4) is 5.75 Å². The van der Waals surface area contributed by atoms with Crippen molar-refractivity contribution >= 4 is 17.1 Å². The summed E-state index contributed by atoms with van der Waals surface area (Å²) in [6.07, 6.45) is -5.09. The third-order valence-electron chi connectivity index (χ3n) is 4.03. The number of halogens is 3. The molecule has 0 saturated heterocycles. The van der Waals surface area contributed by atoms with E-state index in [1.54, 1.807) is 20.8 Å². The largest absolute Gasteiger partial charge is 0.573 e. The molecule has 0 aliphatic carbocycles. The molecule has 160 valence electrons. The van der Waals surface area contributed by atoms with Gasteiger partial charge in [0.05, 0.1) is 17.1 Å². The van der Waals surface area contributed by atoms with Gasteiger partial charge in [-0.25, -0.2) is 9.78 Å². The van der Waals surface area contributed by atoms with E-state index >= 15 is 0 Å². The number of para-hydroxylation sites is 2. The molecular formula is C21H22F3N3O3. The van der Waals surface area contributed by atoms with Gasteiger partial charge in [-0.2, -0.15) is 0 Å². The Labute approximate surface area is 171 Å². The molecule has 2 aromatic carbocycles. The summed E-state index contributed by atoms with van der Waals surface area (Å²) in [5.41, 5.74) is 1.54. The lowest BCUT2D eigenvalue weighted by molar-refractivity contribution is -0.274. The second-order valence-corrected chi connectivity index (χ2v) is 7.73. The van der Waals surface area contributed by atoms with Crippen LogP contribution >= 0.6 is 0 Å². The van der Waals surface area contributed by atoms with Crippen LogP contribution in [0, 0.1) is 0 Å². The zero-order valence-corrected chi connectivity index (χ0v) is 16.7. The maximum absolute atomic E-state index is 12.4. The molecule has 30 heavy (non-hydrogen) atoms. The van der Waals surface area contributed by atoms with Gasteiger partial charge in [0.25, 0.3) is 0 Å². The highest BCUT2D eigenvalue weighted by Crippen LogP contribution is 2.25. The summed E-state index contributed by atoms with van der Waals surface area (Å²) in [6.45, 7) is 5.26. The SMILES string of the molecule is CC(C)(C)OC(=O)NC(Cc1ccc(OC(F)(F)F)cc1)c1nc2ccccc2[nH]1. The van der Waals surface area contributed by atoms with Crippen molar-refractivity contribution in [1.29, 1.82) is 0 Å². The molecule has 1 atom stereocenters. The molecule has 3 rings (SSSR count). The van der Waals surface area contributed by atoms with Gasteiger partial charge in [0, 0.05) is 6.42 Å². The first-order valence-corrected chi connectivity index (χ1v) is 9.27. The number of imidazole rings is 1. The van der Waals surface area contributed by atoms with Crippen LogP contribution in [-0.4, -0.2) is 28.0 Å². The van der Waals surface area contributed by atoms with Gasteiger partial charge in [-0.1, -0.05) is 24.3 Å². The van der Waals surface area contributed by atoms with E-state index in [0.717, 1.165) is 11.0 Å². The molecule has 0 saturated carbocycles. The van der Waals surface area contributed by atoms with Gasteiger partial charge in [-0.15, -0.1) is 13.2 Å². The monoisotopic (exact) mass is 421 g/mol. The van der Waals surface area contributed by atoms with E-state index in [2.05, 4.69) is 20.0 Å². The molecule has 0 aliphatic heterocycles. The predicted molar refractivity (Wildman–Crippen MR) is 105 cm³/mol. The first kappa shape index (κ1) is 21.5. The maximum atomic E-state index is 12.4. The van der Waals surface area contributed by atoms with Crippen molar-refractivity contribution in [2.75, 3.05) is 0 Å². The second kappa shape index (κ2) is 8.25. The number of hydrogen-bond donors (Lipinski definition) is 2. The van der Waals surface area contributed by atoms with E-state index in [1.165, 1.54) is 24.3 Å². The quantitative estimate of drug-likeness (QED) is 0.588. The summed E-state index contributed by atoms with van der Waals surface area (Å²) in [5, 5.41) is 2.79. The predicted octanol–water partition coefficient (Wildman–Crippen LogP) is 5.27. The molecule has 0 spiro atoms. The molecule has 1 aromatic heterocycles. The van der Waals surface area contributed by atoms with Crippen LogP contribution in [0.3, 0.4) is 0 Å². The smallest absolute Gasteiger partial charge is 0.444 e. The Bertz CT molecular complexity index is 975. The molecule has 9 heteroatoms. The van der Waals surface area contributed by atoms with E-state index < -0.39 is 24.1 Å². The standard InChI is InChI=1S/C21H22F3N3O3/c1-20(2,3)30-19(28)27-17(18-25-15-6-4-5-7-16(15)26-18)12-13-8-10-14(11-9-13)29-21(22,23)24/h4-11,17H,12H2,1-3H3,(H,25,26)(H,27,28). The van der Waals surface area contributed by atoms with E-state index in [-0.39, 0.29) is 12.2 Å². The average Bonchev–Trinajstić information content (AvgIpc) is 3.04. The summed E-state index contributed by atoms with van der Waals surface area (Å²) < 4.78 is 46.3. The van der Waals surface area contributed by atoms with Gasteiger partial charge in [0.2, 0.25) is 0 Å². The number of hydrogen-bond acceptors (Lipinski definition) is 4. The van der Waals surface area contributed by atoms with Crippen LogP contribution in [0.4, 0.5) is 18.0 Å². The van der Waals surface area contributed by atoms with E-state index in [9.17, 15) is 18.0 Å².